The molecule has 1 aliphatic heterocycles. The predicted molar refractivity (Wildman–Crippen MR) is 91.1 cm³/mol. The summed E-state index contributed by atoms with van der Waals surface area (Å²) in [5.41, 5.74) is 7.65. The molecule has 0 radical (unpaired) electrons. The summed E-state index contributed by atoms with van der Waals surface area (Å²) in [5.74, 6) is 0.169. The third kappa shape index (κ3) is 3.52. The number of H-pyrrole nitrogens is 1. The van der Waals surface area contributed by atoms with Crippen LogP contribution in [0.4, 0.5) is 0 Å². The average molecular weight is 342 g/mol. The van der Waals surface area contributed by atoms with Gasteiger partial charge in [0.05, 0.1) is 11.3 Å². The molecule has 1 saturated heterocycles. The van der Waals surface area contributed by atoms with E-state index in [0.29, 0.717) is 30.9 Å². The van der Waals surface area contributed by atoms with Gasteiger partial charge in [-0.25, -0.2) is 9.97 Å². The summed E-state index contributed by atoms with van der Waals surface area (Å²) in [4.78, 5) is 34.5. The van der Waals surface area contributed by atoms with E-state index in [0.717, 1.165) is 24.2 Å². The molecule has 1 atom stereocenters. The van der Waals surface area contributed by atoms with E-state index < -0.39 is 5.91 Å². The van der Waals surface area contributed by atoms with Crippen LogP contribution in [-0.4, -0.2) is 50.0 Å². The van der Waals surface area contributed by atoms with Gasteiger partial charge < -0.3 is 10.6 Å². The Morgan fingerprint density at radius 2 is 2.24 bits per heavy atom. The van der Waals surface area contributed by atoms with Crippen LogP contribution in [0.15, 0.2) is 12.3 Å². The first kappa shape index (κ1) is 17.1. The van der Waals surface area contributed by atoms with Gasteiger partial charge in [0.1, 0.15) is 11.5 Å². The number of aromatic nitrogens is 4. The molecule has 2 aromatic rings. The molecule has 3 N–H and O–H groups in total. The summed E-state index contributed by atoms with van der Waals surface area (Å²) in [6, 6.07) is 1.67. The minimum Gasteiger partial charge on any atom is -0.364 e. The number of hydrogen-bond donors (Lipinski definition) is 2. The smallest absolute Gasteiger partial charge is 0.269 e. The van der Waals surface area contributed by atoms with Gasteiger partial charge in [-0.05, 0) is 32.3 Å². The summed E-state index contributed by atoms with van der Waals surface area (Å²) in [6.45, 7) is 5.06. The fraction of sp³-hybridized carbons (Fsp3) is 0.471. The number of piperidine rings is 1. The van der Waals surface area contributed by atoms with Crippen molar-refractivity contribution in [2.45, 2.75) is 39.0 Å². The Kier molecular flexibility index (Phi) is 4.78. The minimum absolute atomic E-state index is 0.0452. The lowest BCUT2D eigenvalue weighted by atomic mass is 9.94. The highest BCUT2D eigenvalue weighted by molar-refractivity contribution is 5.95. The van der Waals surface area contributed by atoms with Crippen LogP contribution in [0, 0.1) is 6.92 Å². The molecule has 3 heterocycles. The summed E-state index contributed by atoms with van der Waals surface area (Å²) in [5, 5.41) is 6.81. The van der Waals surface area contributed by atoms with Crippen LogP contribution < -0.4 is 5.73 Å². The van der Waals surface area contributed by atoms with E-state index in [1.807, 2.05) is 18.7 Å². The second kappa shape index (κ2) is 7.00. The SMILES string of the molecule is CCc1nc(C)ncc1C(=O)N1CCCC(c2cc(C(N)=O)n[nH]2)C1. The van der Waals surface area contributed by atoms with Crippen LogP contribution in [0.2, 0.25) is 0 Å². The monoisotopic (exact) mass is 342 g/mol. The third-order valence-electron chi connectivity index (χ3n) is 4.55. The van der Waals surface area contributed by atoms with Gasteiger partial charge in [0.25, 0.3) is 11.8 Å². The maximum Gasteiger partial charge on any atom is 0.269 e. The number of rotatable bonds is 4. The lowest BCUT2D eigenvalue weighted by Gasteiger charge is -2.32. The Morgan fingerprint density at radius 1 is 1.44 bits per heavy atom. The van der Waals surface area contributed by atoms with Crippen molar-refractivity contribution in [1.29, 1.82) is 0 Å². The first-order valence-electron chi connectivity index (χ1n) is 8.46. The van der Waals surface area contributed by atoms with Gasteiger partial charge in [0, 0.05) is 30.9 Å². The fourth-order valence-corrected chi connectivity index (χ4v) is 3.22. The molecule has 8 heteroatoms. The topological polar surface area (TPSA) is 118 Å². The highest BCUT2D eigenvalue weighted by atomic mass is 16.2. The summed E-state index contributed by atoms with van der Waals surface area (Å²) < 4.78 is 0. The molecular weight excluding hydrogens is 320 g/mol. The van der Waals surface area contributed by atoms with E-state index in [2.05, 4.69) is 20.2 Å². The van der Waals surface area contributed by atoms with Crippen LogP contribution in [0.5, 0.6) is 0 Å². The fourth-order valence-electron chi connectivity index (χ4n) is 3.22. The Bertz CT molecular complexity index is 800. The molecular formula is C17H22N6O2. The van der Waals surface area contributed by atoms with E-state index in [9.17, 15) is 9.59 Å². The second-order valence-electron chi connectivity index (χ2n) is 6.29. The third-order valence-corrected chi connectivity index (χ3v) is 4.55. The van der Waals surface area contributed by atoms with Crippen molar-refractivity contribution < 1.29 is 9.59 Å². The van der Waals surface area contributed by atoms with Crippen molar-refractivity contribution in [1.82, 2.24) is 25.1 Å². The van der Waals surface area contributed by atoms with Gasteiger partial charge in [-0.2, -0.15) is 5.10 Å². The molecule has 2 amide bonds. The van der Waals surface area contributed by atoms with Crippen LogP contribution in [-0.2, 0) is 6.42 Å². The summed E-state index contributed by atoms with van der Waals surface area (Å²) in [7, 11) is 0. The van der Waals surface area contributed by atoms with Gasteiger partial charge in [-0.1, -0.05) is 6.92 Å². The van der Waals surface area contributed by atoms with Crippen molar-refractivity contribution >= 4 is 11.8 Å². The molecule has 1 unspecified atom stereocenters. The van der Waals surface area contributed by atoms with Gasteiger partial charge >= 0.3 is 0 Å². The number of primary amides is 1. The Labute approximate surface area is 145 Å². The van der Waals surface area contributed by atoms with E-state index in [-0.39, 0.29) is 17.5 Å². The van der Waals surface area contributed by atoms with Crippen LogP contribution in [0.3, 0.4) is 0 Å². The second-order valence-corrected chi connectivity index (χ2v) is 6.29. The zero-order valence-corrected chi connectivity index (χ0v) is 14.5. The molecule has 3 rings (SSSR count). The van der Waals surface area contributed by atoms with Gasteiger partial charge in [0.2, 0.25) is 0 Å². The molecule has 25 heavy (non-hydrogen) atoms. The highest BCUT2D eigenvalue weighted by Crippen LogP contribution is 2.27. The zero-order valence-electron chi connectivity index (χ0n) is 14.5. The Hall–Kier alpha value is -2.77. The van der Waals surface area contributed by atoms with Crippen LogP contribution in [0.1, 0.15) is 63.7 Å². The van der Waals surface area contributed by atoms with Crippen molar-refractivity contribution in [3.63, 3.8) is 0 Å². The minimum atomic E-state index is -0.560. The van der Waals surface area contributed by atoms with E-state index in [1.54, 1.807) is 12.3 Å². The number of carbonyl (C=O) groups excluding carboxylic acids is 2. The Morgan fingerprint density at radius 3 is 2.92 bits per heavy atom. The molecule has 1 fully saturated rings. The Balaban J connectivity index is 1.78. The van der Waals surface area contributed by atoms with Gasteiger partial charge in [0.15, 0.2) is 0 Å². The number of amides is 2. The van der Waals surface area contributed by atoms with Crippen molar-refractivity contribution in [2.75, 3.05) is 13.1 Å². The van der Waals surface area contributed by atoms with E-state index >= 15 is 0 Å². The van der Waals surface area contributed by atoms with Gasteiger partial charge in [-0.15, -0.1) is 0 Å². The number of aryl methyl sites for hydroxylation is 2. The van der Waals surface area contributed by atoms with Crippen LogP contribution >= 0.6 is 0 Å². The molecule has 2 aromatic heterocycles. The number of hydrogen-bond acceptors (Lipinski definition) is 5. The molecule has 0 saturated carbocycles. The number of nitrogens with one attached hydrogen (secondary N) is 1. The van der Waals surface area contributed by atoms with Crippen LogP contribution in [0.25, 0.3) is 0 Å². The van der Waals surface area contributed by atoms with Crippen molar-refractivity contribution in [3.05, 3.63) is 40.7 Å². The number of nitrogens with two attached hydrogens (primary N) is 1. The van der Waals surface area contributed by atoms with E-state index in [1.165, 1.54) is 0 Å². The molecule has 0 aliphatic carbocycles. The standard InChI is InChI=1S/C17H22N6O2/c1-3-13-12(8-19-10(2)20-13)17(25)23-6-4-5-11(9-23)14-7-15(16(18)24)22-21-14/h7-8,11H,3-6,9H2,1-2H3,(H2,18,24)(H,21,22). The lowest BCUT2D eigenvalue weighted by molar-refractivity contribution is 0.0703. The molecule has 0 bridgehead atoms. The number of likely N-dealkylation sites (tertiary alicyclic amines) is 1. The normalized spacial score (nSPS) is 17.5. The summed E-state index contributed by atoms with van der Waals surface area (Å²) in [6.07, 6.45) is 4.11. The maximum atomic E-state index is 12.9. The van der Waals surface area contributed by atoms with Crippen molar-refractivity contribution in [2.24, 2.45) is 5.73 Å². The molecule has 0 aromatic carbocycles. The zero-order chi connectivity index (χ0) is 18.0. The molecule has 1 aliphatic rings. The quantitative estimate of drug-likeness (QED) is 0.865. The first-order valence-corrected chi connectivity index (χ1v) is 8.46. The molecule has 8 nitrogen and oxygen atoms in total. The summed E-state index contributed by atoms with van der Waals surface area (Å²) >= 11 is 0. The number of nitrogens with zero attached hydrogens (tertiary/aromatic N) is 4. The van der Waals surface area contributed by atoms with Gasteiger partial charge in [-0.3, -0.25) is 14.7 Å². The van der Waals surface area contributed by atoms with Crippen molar-refractivity contribution in [3.8, 4) is 0 Å². The molecule has 0 spiro atoms. The number of aromatic amines is 1. The van der Waals surface area contributed by atoms with E-state index in [4.69, 9.17) is 5.73 Å². The molecule has 132 valence electrons. The predicted octanol–water partition coefficient (Wildman–Crippen LogP) is 1.19. The maximum absolute atomic E-state index is 12.9. The average Bonchev–Trinajstić information content (AvgIpc) is 3.11. The highest BCUT2D eigenvalue weighted by Gasteiger charge is 2.28. The first-order chi connectivity index (χ1) is 12.0. The number of carbonyl (C=O) groups is 2. The lowest BCUT2D eigenvalue weighted by Crippen LogP contribution is -2.39. The largest absolute Gasteiger partial charge is 0.364 e.